The highest BCUT2D eigenvalue weighted by atomic mass is 32.2. The number of para-hydroxylation sites is 1. The molecule has 1 aliphatic heterocycles. The molecule has 1 heterocycles. The highest BCUT2D eigenvalue weighted by molar-refractivity contribution is 7.91. The number of ether oxygens (including phenoxy) is 1. The van der Waals surface area contributed by atoms with Crippen LogP contribution < -0.4 is 15.4 Å². The summed E-state index contributed by atoms with van der Waals surface area (Å²) in [5.74, 6) is 1.04. The van der Waals surface area contributed by atoms with Crippen LogP contribution in [0.5, 0.6) is 5.75 Å². The molecular weight excluding hydrogens is 304 g/mol. The van der Waals surface area contributed by atoms with Crippen LogP contribution >= 0.6 is 0 Å². The molecule has 2 rings (SSSR count). The van der Waals surface area contributed by atoms with Crippen molar-refractivity contribution in [2.75, 3.05) is 24.7 Å². The molecule has 0 spiro atoms. The second-order valence-electron chi connectivity index (χ2n) is 5.47. The van der Waals surface area contributed by atoms with Gasteiger partial charge in [-0.25, -0.2) is 13.2 Å². The average Bonchev–Trinajstić information content (AvgIpc) is 2.79. The molecular formula is C15H22N2O4S. The second-order valence-corrected chi connectivity index (χ2v) is 7.70. The number of rotatable bonds is 6. The van der Waals surface area contributed by atoms with Crippen LogP contribution in [0, 0.1) is 6.92 Å². The Morgan fingerprint density at radius 1 is 1.36 bits per heavy atom. The molecule has 0 aliphatic carbocycles. The van der Waals surface area contributed by atoms with Gasteiger partial charge in [0, 0.05) is 12.6 Å². The maximum absolute atomic E-state index is 11.6. The first-order chi connectivity index (χ1) is 10.5. The number of hydrogen-bond acceptors (Lipinski definition) is 4. The summed E-state index contributed by atoms with van der Waals surface area (Å²) in [7, 11) is -2.97. The summed E-state index contributed by atoms with van der Waals surface area (Å²) in [6, 6.07) is 7.18. The second kappa shape index (κ2) is 7.49. The van der Waals surface area contributed by atoms with E-state index in [2.05, 4.69) is 10.6 Å². The fourth-order valence-corrected chi connectivity index (χ4v) is 3.99. The van der Waals surface area contributed by atoms with Crippen molar-refractivity contribution >= 4 is 15.9 Å². The summed E-state index contributed by atoms with van der Waals surface area (Å²) in [4.78, 5) is 11.6. The molecule has 1 unspecified atom stereocenters. The minimum absolute atomic E-state index is 0.0385. The summed E-state index contributed by atoms with van der Waals surface area (Å²) in [5.41, 5.74) is 1.08. The van der Waals surface area contributed by atoms with Gasteiger partial charge in [0.2, 0.25) is 0 Å². The van der Waals surface area contributed by atoms with Crippen LogP contribution in [0.1, 0.15) is 18.4 Å². The number of urea groups is 1. The molecule has 1 saturated heterocycles. The van der Waals surface area contributed by atoms with Gasteiger partial charge in [0.05, 0.1) is 18.1 Å². The van der Waals surface area contributed by atoms with Gasteiger partial charge in [-0.1, -0.05) is 18.2 Å². The number of carbonyl (C=O) groups is 1. The first-order valence-corrected chi connectivity index (χ1v) is 9.22. The Balaban J connectivity index is 1.59. The van der Waals surface area contributed by atoms with Crippen molar-refractivity contribution < 1.29 is 17.9 Å². The molecule has 2 amide bonds. The topological polar surface area (TPSA) is 84.5 Å². The third kappa shape index (κ3) is 5.22. The Morgan fingerprint density at radius 2 is 2.14 bits per heavy atom. The van der Waals surface area contributed by atoms with E-state index in [0.29, 0.717) is 26.0 Å². The van der Waals surface area contributed by atoms with E-state index in [1.54, 1.807) is 0 Å². The van der Waals surface area contributed by atoms with Gasteiger partial charge in [-0.05, 0) is 31.4 Å². The quantitative estimate of drug-likeness (QED) is 0.771. The number of amides is 2. The molecule has 1 aromatic carbocycles. The molecule has 22 heavy (non-hydrogen) atoms. The lowest BCUT2D eigenvalue weighted by molar-refractivity contribution is 0.236. The van der Waals surface area contributed by atoms with Gasteiger partial charge < -0.3 is 15.4 Å². The predicted molar refractivity (Wildman–Crippen MR) is 84.9 cm³/mol. The third-order valence-electron chi connectivity index (χ3n) is 3.53. The van der Waals surface area contributed by atoms with Crippen molar-refractivity contribution in [1.29, 1.82) is 0 Å². The number of sulfone groups is 1. The van der Waals surface area contributed by atoms with Crippen molar-refractivity contribution in [2.24, 2.45) is 0 Å². The summed E-state index contributed by atoms with van der Waals surface area (Å²) in [6.07, 6.45) is 1.18. The Labute approximate surface area is 131 Å². The molecule has 7 heteroatoms. The summed E-state index contributed by atoms with van der Waals surface area (Å²) in [5, 5.41) is 5.40. The van der Waals surface area contributed by atoms with Crippen LogP contribution in [0.25, 0.3) is 0 Å². The van der Waals surface area contributed by atoms with E-state index < -0.39 is 9.84 Å². The standard InChI is InChI=1S/C15H22N2O4S/c1-12-5-2-3-6-14(12)21-9-4-8-16-15(18)17-13-7-10-22(19,20)11-13/h2-3,5-6,13H,4,7-11H2,1H3,(H2,16,17,18). The molecule has 1 aliphatic rings. The fraction of sp³-hybridized carbons (Fsp3) is 0.533. The van der Waals surface area contributed by atoms with Crippen molar-refractivity contribution in [2.45, 2.75) is 25.8 Å². The number of carbonyl (C=O) groups excluding carboxylic acids is 1. The van der Waals surface area contributed by atoms with E-state index in [1.165, 1.54) is 0 Å². The lowest BCUT2D eigenvalue weighted by Crippen LogP contribution is -2.43. The molecule has 122 valence electrons. The van der Waals surface area contributed by atoms with Gasteiger partial charge >= 0.3 is 6.03 Å². The van der Waals surface area contributed by atoms with Crippen molar-refractivity contribution in [3.63, 3.8) is 0 Å². The van der Waals surface area contributed by atoms with E-state index in [1.807, 2.05) is 31.2 Å². The molecule has 0 saturated carbocycles. The molecule has 1 atom stereocenters. The molecule has 2 N–H and O–H groups in total. The Bertz CT molecular complexity index is 616. The van der Waals surface area contributed by atoms with Gasteiger partial charge in [0.25, 0.3) is 0 Å². The number of benzene rings is 1. The van der Waals surface area contributed by atoms with Gasteiger partial charge in [-0.3, -0.25) is 0 Å². The first kappa shape index (κ1) is 16.6. The maximum atomic E-state index is 11.6. The van der Waals surface area contributed by atoms with Crippen LogP contribution in [0.3, 0.4) is 0 Å². The van der Waals surface area contributed by atoms with Crippen LogP contribution in [-0.4, -0.2) is 45.1 Å². The van der Waals surface area contributed by atoms with Gasteiger partial charge in [-0.2, -0.15) is 0 Å². The van der Waals surface area contributed by atoms with Crippen LogP contribution in [0.2, 0.25) is 0 Å². The van der Waals surface area contributed by atoms with Crippen molar-refractivity contribution in [3.8, 4) is 5.75 Å². The van der Waals surface area contributed by atoms with E-state index >= 15 is 0 Å². The summed E-state index contributed by atoms with van der Waals surface area (Å²) in [6.45, 7) is 2.98. The summed E-state index contributed by atoms with van der Waals surface area (Å²) >= 11 is 0. The number of aryl methyl sites for hydroxylation is 1. The minimum Gasteiger partial charge on any atom is -0.493 e. The number of hydrogen-bond donors (Lipinski definition) is 2. The number of nitrogens with one attached hydrogen (secondary N) is 2. The largest absolute Gasteiger partial charge is 0.493 e. The van der Waals surface area contributed by atoms with E-state index in [0.717, 1.165) is 11.3 Å². The zero-order valence-electron chi connectivity index (χ0n) is 12.7. The lowest BCUT2D eigenvalue weighted by atomic mass is 10.2. The van der Waals surface area contributed by atoms with E-state index in [-0.39, 0.29) is 23.6 Å². The average molecular weight is 326 g/mol. The van der Waals surface area contributed by atoms with Crippen molar-refractivity contribution in [3.05, 3.63) is 29.8 Å². The molecule has 1 aromatic rings. The molecule has 0 bridgehead atoms. The molecule has 6 nitrogen and oxygen atoms in total. The molecule has 1 fully saturated rings. The zero-order chi connectivity index (χ0) is 16.0. The highest BCUT2D eigenvalue weighted by Crippen LogP contribution is 2.16. The van der Waals surface area contributed by atoms with Crippen LogP contribution in [0.15, 0.2) is 24.3 Å². The van der Waals surface area contributed by atoms with Crippen molar-refractivity contribution in [1.82, 2.24) is 10.6 Å². The molecule has 0 aromatic heterocycles. The molecule has 0 radical (unpaired) electrons. The smallest absolute Gasteiger partial charge is 0.315 e. The monoisotopic (exact) mass is 326 g/mol. The minimum atomic E-state index is -2.97. The maximum Gasteiger partial charge on any atom is 0.315 e. The zero-order valence-corrected chi connectivity index (χ0v) is 13.5. The Morgan fingerprint density at radius 3 is 2.82 bits per heavy atom. The highest BCUT2D eigenvalue weighted by Gasteiger charge is 2.28. The Kier molecular flexibility index (Phi) is 5.65. The summed E-state index contributed by atoms with van der Waals surface area (Å²) < 4.78 is 28.2. The fourth-order valence-electron chi connectivity index (χ4n) is 2.32. The predicted octanol–water partition coefficient (Wildman–Crippen LogP) is 1.25. The Hall–Kier alpha value is -1.76. The first-order valence-electron chi connectivity index (χ1n) is 7.39. The lowest BCUT2D eigenvalue weighted by Gasteiger charge is -2.12. The normalized spacial score (nSPS) is 19.6. The van der Waals surface area contributed by atoms with Crippen LogP contribution in [0.4, 0.5) is 4.79 Å². The van der Waals surface area contributed by atoms with Crippen LogP contribution in [-0.2, 0) is 9.84 Å². The van der Waals surface area contributed by atoms with Gasteiger partial charge in [0.1, 0.15) is 5.75 Å². The van der Waals surface area contributed by atoms with Gasteiger partial charge in [0.15, 0.2) is 9.84 Å². The SMILES string of the molecule is Cc1ccccc1OCCCNC(=O)NC1CCS(=O)(=O)C1. The van der Waals surface area contributed by atoms with Gasteiger partial charge in [-0.15, -0.1) is 0 Å². The van der Waals surface area contributed by atoms with E-state index in [9.17, 15) is 13.2 Å². The van der Waals surface area contributed by atoms with E-state index in [4.69, 9.17) is 4.74 Å². The third-order valence-corrected chi connectivity index (χ3v) is 5.29.